The molecule has 5 nitrogen and oxygen atoms in total. The van der Waals surface area contributed by atoms with E-state index in [1.165, 1.54) is 13.1 Å². The SMILES string of the molecule is CC(=O)c1ccc(Nc2cncc(C(=O)Nc3c(C)cc(C)cc3Cl)c2)cc1. The van der Waals surface area contributed by atoms with E-state index >= 15 is 0 Å². The standard InChI is InChI=1S/C22H20ClN3O2/c1-13-8-14(2)21(20(23)9-13)26-22(28)17-10-19(12-24-11-17)25-18-6-4-16(5-7-18)15(3)27/h4-12,25H,1-3H3,(H,26,28). The van der Waals surface area contributed by atoms with Crippen molar-refractivity contribution in [1.82, 2.24) is 4.98 Å². The minimum absolute atomic E-state index is 0.0111. The van der Waals surface area contributed by atoms with Gasteiger partial charge < -0.3 is 10.6 Å². The number of carbonyl (C=O) groups is 2. The number of anilines is 3. The molecular formula is C22H20ClN3O2. The largest absolute Gasteiger partial charge is 0.354 e. The first kappa shape index (κ1) is 19.6. The van der Waals surface area contributed by atoms with Crippen LogP contribution in [-0.4, -0.2) is 16.7 Å². The summed E-state index contributed by atoms with van der Waals surface area (Å²) >= 11 is 6.27. The van der Waals surface area contributed by atoms with E-state index in [4.69, 9.17) is 11.6 Å². The number of pyridine rings is 1. The number of aryl methyl sites for hydroxylation is 2. The molecule has 0 aliphatic carbocycles. The first-order valence-electron chi connectivity index (χ1n) is 8.74. The zero-order chi connectivity index (χ0) is 20.3. The number of Topliss-reactive ketones (excluding diaryl/α,β-unsaturated/α-hetero) is 1. The molecule has 2 N–H and O–H groups in total. The van der Waals surface area contributed by atoms with Crippen LogP contribution in [0.3, 0.4) is 0 Å². The average molecular weight is 394 g/mol. The Bertz CT molecular complexity index is 1020. The Hall–Kier alpha value is -3.18. The highest BCUT2D eigenvalue weighted by Gasteiger charge is 2.12. The van der Waals surface area contributed by atoms with Crippen LogP contribution in [0.15, 0.2) is 54.9 Å². The zero-order valence-electron chi connectivity index (χ0n) is 15.8. The molecule has 0 aliphatic rings. The lowest BCUT2D eigenvalue weighted by atomic mass is 10.1. The van der Waals surface area contributed by atoms with Gasteiger partial charge in [0, 0.05) is 17.4 Å². The van der Waals surface area contributed by atoms with E-state index in [2.05, 4.69) is 15.6 Å². The van der Waals surface area contributed by atoms with Crippen molar-refractivity contribution in [3.8, 4) is 0 Å². The van der Waals surface area contributed by atoms with Gasteiger partial charge in [-0.2, -0.15) is 0 Å². The Balaban J connectivity index is 1.77. The van der Waals surface area contributed by atoms with E-state index in [9.17, 15) is 9.59 Å². The number of carbonyl (C=O) groups excluding carboxylic acids is 2. The van der Waals surface area contributed by atoms with Gasteiger partial charge in [0.2, 0.25) is 0 Å². The highest BCUT2D eigenvalue weighted by molar-refractivity contribution is 6.34. The molecule has 0 bridgehead atoms. The Morgan fingerprint density at radius 2 is 1.64 bits per heavy atom. The number of ketones is 1. The molecule has 142 valence electrons. The monoisotopic (exact) mass is 393 g/mol. The first-order chi connectivity index (χ1) is 13.3. The second-order valence-electron chi connectivity index (χ2n) is 6.61. The van der Waals surface area contributed by atoms with Gasteiger partial charge in [-0.25, -0.2) is 0 Å². The molecule has 3 aromatic rings. The average Bonchev–Trinajstić information content (AvgIpc) is 2.65. The highest BCUT2D eigenvalue weighted by atomic mass is 35.5. The van der Waals surface area contributed by atoms with Crippen molar-refractivity contribution >= 4 is 40.4 Å². The van der Waals surface area contributed by atoms with Crippen LogP contribution in [0.25, 0.3) is 0 Å². The van der Waals surface area contributed by atoms with E-state index in [0.717, 1.165) is 16.8 Å². The zero-order valence-corrected chi connectivity index (χ0v) is 16.6. The summed E-state index contributed by atoms with van der Waals surface area (Å²) in [5.74, 6) is -0.283. The van der Waals surface area contributed by atoms with Crippen LogP contribution in [0.4, 0.5) is 17.1 Å². The maximum Gasteiger partial charge on any atom is 0.257 e. The molecule has 1 aromatic heterocycles. The van der Waals surface area contributed by atoms with Crippen LogP contribution < -0.4 is 10.6 Å². The van der Waals surface area contributed by atoms with E-state index < -0.39 is 0 Å². The highest BCUT2D eigenvalue weighted by Crippen LogP contribution is 2.28. The van der Waals surface area contributed by atoms with Gasteiger partial charge in [-0.05, 0) is 68.3 Å². The van der Waals surface area contributed by atoms with Gasteiger partial charge in [-0.3, -0.25) is 14.6 Å². The summed E-state index contributed by atoms with van der Waals surface area (Å²) in [6.45, 7) is 5.37. The van der Waals surface area contributed by atoms with Gasteiger partial charge in [0.1, 0.15) is 0 Å². The molecule has 0 saturated carbocycles. The molecule has 0 fully saturated rings. The van der Waals surface area contributed by atoms with Crippen molar-refractivity contribution in [3.05, 3.63) is 82.1 Å². The van der Waals surface area contributed by atoms with Crippen LogP contribution in [0.5, 0.6) is 0 Å². The summed E-state index contributed by atoms with van der Waals surface area (Å²) in [7, 11) is 0. The summed E-state index contributed by atoms with van der Waals surface area (Å²) in [5.41, 5.74) is 5.02. The third kappa shape index (κ3) is 4.56. The van der Waals surface area contributed by atoms with Gasteiger partial charge >= 0.3 is 0 Å². The second kappa shape index (κ2) is 8.23. The molecule has 0 saturated heterocycles. The van der Waals surface area contributed by atoms with Crippen LogP contribution in [0, 0.1) is 13.8 Å². The number of rotatable bonds is 5. The van der Waals surface area contributed by atoms with Crippen molar-refractivity contribution < 1.29 is 9.59 Å². The van der Waals surface area contributed by atoms with Crippen LogP contribution in [-0.2, 0) is 0 Å². The number of hydrogen-bond acceptors (Lipinski definition) is 4. The fourth-order valence-corrected chi connectivity index (χ4v) is 3.22. The lowest BCUT2D eigenvalue weighted by molar-refractivity contribution is 0.101. The molecular weight excluding hydrogens is 374 g/mol. The number of aromatic nitrogens is 1. The van der Waals surface area contributed by atoms with Gasteiger partial charge in [0.05, 0.1) is 28.2 Å². The third-order valence-electron chi connectivity index (χ3n) is 4.25. The van der Waals surface area contributed by atoms with Crippen molar-refractivity contribution in [2.24, 2.45) is 0 Å². The van der Waals surface area contributed by atoms with Crippen molar-refractivity contribution in [2.75, 3.05) is 10.6 Å². The Morgan fingerprint density at radius 3 is 2.29 bits per heavy atom. The quantitative estimate of drug-likeness (QED) is 0.557. The summed E-state index contributed by atoms with van der Waals surface area (Å²) in [4.78, 5) is 28.2. The lowest BCUT2D eigenvalue weighted by Gasteiger charge is -2.12. The predicted molar refractivity (Wildman–Crippen MR) is 113 cm³/mol. The molecule has 6 heteroatoms. The van der Waals surface area contributed by atoms with Crippen molar-refractivity contribution in [3.63, 3.8) is 0 Å². The summed E-state index contributed by atoms with van der Waals surface area (Å²) < 4.78 is 0. The molecule has 3 rings (SSSR count). The van der Waals surface area contributed by atoms with E-state index in [1.807, 2.05) is 26.0 Å². The van der Waals surface area contributed by atoms with E-state index in [1.54, 1.807) is 36.5 Å². The Kier molecular flexibility index (Phi) is 5.76. The molecule has 0 radical (unpaired) electrons. The maximum atomic E-state index is 12.7. The smallest absolute Gasteiger partial charge is 0.257 e. The van der Waals surface area contributed by atoms with Gasteiger partial charge in [-0.1, -0.05) is 17.7 Å². The normalized spacial score (nSPS) is 10.4. The number of hydrogen-bond donors (Lipinski definition) is 2. The molecule has 1 heterocycles. The van der Waals surface area contributed by atoms with Crippen LogP contribution in [0.2, 0.25) is 5.02 Å². The number of nitrogens with one attached hydrogen (secondary N) is 2. The summed E-state index contributed by atoms with van der Waals surface area (Å²) in [6.07, 6.45) is 3.12. The second-order valence-corrected chi connectivity index (χ2v) is 7.02. The topological polar surface area (TPSA) is 71.1 Å². The maximum absolute atomic E-state index is 12.7. The minimum Gasteiger partial charge on any atom is -0.354 e. The molecule has 1 amide bonds. The molecule has 2 aromatic carbocycles. The van der Waals surface area contributed by atoms with Crippen LogP contribution in [0.1, 0.15) is 38.8 Å². The molecule has 28 heavy (non-hydrogen) atoms. The number of nitrogens with zero attached hydrogens (tertiary/aromatic N) is 1. The fraction of sp³-hybridized carbons (Fsp3) is 0.136. The van der Waals surface area contributed by atoms with Crippen molar-refractivity contribution in [1.29, 1.82) is 0 Å². The number of halogens is 1. The first-order valence-corrected chi connectivity index (χ1v) is 9.12. The van der Waals surface area contributed by atoms with Gasteiger partial charge in [0.15, 0.2) is 5.78 Å². The lowest BCUT2D eigenvalue weighted by Crippen LogP contribution is -2.14. The molecule has 0 atom stereocenters. The third-order valence-corrected chi connectivity index (χ3v) is 4.55. The van der Waals surface area contributed by atoms with Crippen LogP contribution >= 0.6 is 11.6 Å². The molecule has 0 spiro atoms. The Labute approximate surface area is 168 Å². The molecule has 0 aliphatic heterocycles. The fourth-order valence-electron chi connectivity index (χ4n) is 2.85. The predicted octanol–water partition coefficient (Wildman–Crippen LogP) is 5.55. The minimum atomic E-state index is -0.295. The van der Waals surface area contributed by atoms with Crippen molar-refractivity contribution in [2.45, 2.75) is 20.8 Å². The summed E-state index contributed by atoms with van der Waals surface area (Å²) in [5, 5.41) is 6.54. The number of amides is 1. The van der Waals surface area contributed by atoms with Gasteiger partial charge in [0.25, 0.3) is 5.91 Å². The van der Waals surface area contributed by atoms with E-state index in [0.29, 0.717) is 27.5 Å². The van der Waals surface area contributed by atoms with Gasteiger partial charge in [-0.15, -0.1) is 0 Å². The summed E-state index contributed by atoms with van der Waals surface area (Å²) in [6, 6.07) is 12.6. The molecule has 0 unspecified atom stereocenters. The van der Waals surface area contributed by atoms with E-state index in [-0.39, 0.29) is 11.7 Å². The Morgan fingerprint density at radius 1 is 0.929 bits per heavy atom. The number of benzene rings is 2.